The van der Waals surface area contributed by atoms with Crippen LogP contribution in [0.25, 0.3) is 11.0 Å². The second-order valence-corrected chi connectivity index (χ2v) is 7.63. The summed E-state index contributed by atoms with van der Waals surface area (Å²) in [6, 6.07) is 10.9. The second kappa shape index (κ2) is 7.04. The summed E-state index contributed by atoms with van der Waals surface area (Å²) in [6.07, 6.45) is 1.61. The summed E-state index contributed by atoms with van der Waals surface area (Å²) in [5, 5.41) is 10.2. The molecule has 6 nitrogen and oxygen atoms in total. The van der Waals surface area contributed by atoms with Crippen molar-refractivity contribution in [2.45, 2.75) is 31.3 Å². The van der Waals surface area contributed by atoms with Crippen LogP contribution in [-0.4, -0.2) is 51.9 Å². The molecule has 0 bridgehead atoms. The molecule has 2 aromatic rings. The third kappa shape index (κ3) is 3.06. The molecule has 7 heteroatoms. The Morgan fingerprint density at radius 1 is 1.31 bits per heavy atom. The van der Waals surface area contributed by atoms with Gasteiger partial charge < -0.3 is 14.2 Å². The molecule has 2 saturated heterocycles. The topological polar surface area (TPSA) is 77.5 Å². The SMILES string of the molecule is N#C[C@@H]1CSCN1C(=O)[C@@H]1CCCN1C(=O)Cc1cc2ccccc2o1. The van der Waals surface area contributed by atoms with Gasteiger partial charge in [-0.05, 0) is 25.0 Å². The predicted molar refractivity (Wildman–Crippen MR) is 98.2 cm³/mol. The van der Waals surface area contributed by atoms with Crippen molar-refractivity contribution < 1.29 is 14.0 Å². The zero-order valence-electron chi connectivity index (χ0n) is 14.3. The van der Waals surface area contributed by atoms with Gasteiger partial charge in [0.15, 0.2) is 0 Å². The Bertz CT molecular complexity index is 855. The third-order valence-corrected chi connectivity index (χ3v) is 5.99. The molecule has 3 heterocycles. The molecule has 2 aliphatic heterocycles. The smallest absolute Gasteiger partial charge is 0.247 e. The number of likely N-dealkylation sites (tertiary alicyclic amines) is 1. The average molecular weight is 369 g/mol. The molecule has 2 amide bonds. The number of carbonyl (C=O) groups excluding carboxylic acids is 2. The number of benzene rings is 1. The summed E-state index contributed by atoms with van der Waals surface area (Å²) < 4.78 is 5.74. The van der Waals surface area contributed by atoms with E-state index in [1.807, 2.05) is 30.3 Å². The van der Waals surface area contributed by atoms with Crippen LogP contribution in [0.15, 0.2) is 34.7 Å². The lowest BCUT2D eigenvalue weighted by atomic mass is 10.1. The van der Waals surface area contributed by atoms with Crippen LogP contribution in [0.3, 0.4) is 0 Å². The number of thioether (sulfide) groups is 1. The van der Waals surface area contributed by atoms with E-state index in [0.717, 1.165) is 17.4 Å². The number of furan rings is 1. The maximum absolute atomic E-state index is 12.9. The Labute approximate surface area is 155 Å². The van der Waals surface area contributed by atoms with E-state index < -0.39 is 6.04 Å². The van der Waals surface area contributed by atoms with E-state index >= 15 is 0 Å². The summed E-state index contributed by atoms with van der Waals surface area (Å²) in [7, 11) is 0. The quantitative estimate of drug-likeness (QED) is 0.830. The monoisotopic (exact) mass is 369 g/mol. The Hall–Kier alpha value is -2.46. The summed E-state index contributed by atoms with van der Waals surface area (Å²) in [6.45, 7) is 0.577. The van der Waals surface area contributed by atoms with Crippen molar-refractivity contribution in [3.8, 4) is 6.07 Å². The van der Waals surface area contributed by atoms with Crippen LogP contribution >= 0.6 is 11.8 Å². The average Bonchev–Trinajstić information content (AvgIpc) is 3.38. The number of amides is 2. The summed E-state index contributed by atoms with van der Waals surface area (Å²) in [4.78, 5) is 28.9. The summed E-state index contributed by atoms with van der Waals surface area (Å²) in [5.74, 6) is 1.58. The van der Waals surface area contributed by atoms with Crippen LogP contribution in [-0.2, 0) is 16.0 Å². The van der Waals surface area contributed by atoms with Gasteiger partial charge in [-0.25, -0.2) is 0 Å². The van der Waals surface area contributed by atoms with Crippen molar-refractivity contribution in [1.29, 1.82) is 5.26 Å². The third-order valence-electron chi connectivity index (χ3n) is 4.97. The lowest BCUT2D eigenvalue weighted by molar-refractivity contribution is -0.143. The van der Waals surface area contributed by atoms with Gasteiger partial charge in [-0.1, -0.05) is 18.2 Å². The maximum Gasteiger partial charge on any atom is 0.247 e. The fraction of sp³-hybridized carbons (Fsp3) is 0.421. The minimum absolute atomic E-state index is 0.0970. The number of carbonyl (C=O) groups is 2. The molecule has 0 radical (unpaired) electrons. The molecule has 2 fully saturated rings. The highest BCUT2D eigenvalue weighted by atomic mass is 32.2. The Balaban J connectivity index is 1.48. The molecule has 4 rings (SSSR count). The largest absolute Gasteiger partial charge is 0.461 e. The molecule has 0 N–H and O–H groups in total. The van der Waals surface area contributed by atoms with Gasteiger partial charge in [0.05, 0.1) is 18.4 Å². The van der Waals surface area contributed by atoms with E-state index in [0.29, 0.717) is 30.4 Å². The van der Waals surface area contributed by atoms with Crippen molar-refractivity contribution in [3.63, 3.8) is 0 Å². The minimum Gasteiger partial charge on any atom is -0.461 e. The van der Waals surface area contributed by atoms with Crippen LogP contribution in [0.4, 0.5) is 0 Å². The van der Waals surface area contributed by atoms with Gasteiger partial charge in [0.25, 0.3) is 0 Å². The minimum atomic E-state index is -0.457. The lowest BCUT2D eigenvalue weighted by Gasteiger charge is -2.28. The molecule has 0 saturated carbocycles. The van der Waals surface area contributed by atoms with E-state index in [1.54, 1.807) is 21.6 Å². The first-order chi connectivity index (χ1) is 12.7. The van der Waals surface area contributed by atoms with E-state index in [2.05, 4.69) is 6.07 Å². The highest BCUT2D eigenvalue weighted by Gasteiger charge is 2.40. The van der Waals surface area contributed by atoms with Gasteiger partial charge in [0.1, 0.15) is 23.4 Å². The fourth-order valence-corrected chi connectivity index (χ4v) is 4.74. The highest BCUT2D eigenvalue weighted by Crippen LogP contribution is 2.27. The second-order valence-electron chi connectivity index (χ2n) is 6.63. The molecule has 1 aromatic carbocycles. The first-order valence-electron chi connectivity index (χ1n) is 8.72. The molecule has 0 unspecified atom stereocenters. The first-order valence-corrected chi connectivity index (χ1v) is 9.87. The molecule has 0 spiro atoms. The maximum atomic E-state index is 12.9. The number of hydrogen-bond donors (Lipinski definition) is 0. The molecular weight excluding hydrogens is 350 g/mol. The molecular formula is C19H19N3O3S. The molecule has 0 aliphatic carbocycles. The van der Waals surface area contributed by atoms with Crippen molar-refractivity contribution in [1.82, 2.24) is 9.80 Å². The number of rotatable bonds is 3. The van der Waals surface area contributed by atoms with Crippen LogP contribution in [0.2, 0.25) is 0 Å². The zero-order valence-corrected chi connectivity index (χ0v) is 15.1. The van der Waals surface area contributed by atoms with E-state index in [-0.39, 0.29) is 24.3 Å². The fourth-order valence-electron chi connectivity index (χ4n) is 3.65. The van der Waals surface area contributed by atoms with Crippen LogP contribution in [0, 0.1) is 11.3 Å². The van der Waals surface area contributed by atoms with E-state index in [1.165, 1.54) is 0 Å². The van der Waals surface area contributed by atoms with Gasteiger partial charge in [0.2, 0.25) is 11.8 Å². The number of hydrogen-bond acceptors (Lipinski definition) is 5. The Morgan fingerprint density at radius 2 is 2.15 bits per heavy atom. The molecule has 1 aromatic heterocycles. The van der Waals surface area contributed by atoms with Gasteiger partial charge in [-0.3, -0.25) is 9.59 Å². The Morgan fingerprint density at radius 3 is 2.96 bits per heavy atom. The van der Waals surface area contributed by atoms with E-state index in [9.17, 15) is 14.9 Å². The summed E-state index contributed by atoms with van der Waals surface area (Å²) >= 11 is 1.58. The van der Waals surface area contributed by atoms with Gasteiger partial charge >= 0.3 is 0 Å². The van der Waals surface area contributed by atoms with Crippen LogP contribution < -0.4 is 0 Å². The number of nitrogens with zero attached hydrogens (tertiary/aromatic N) is 3. The van der Waals surface area contributed by atoms with Crippen LogP contribution in [0.1, 0.15) is 18.6 Å². The van der Waals surface area contributed by atoms with Gasteiger partial charge in [-0.2, -0.15) is 5.26 Å². The molecule has 2 aliphatic rings. The first kappa shape index (κ1) is 17.0. The standard InChI is InChI=1S/C19H19N3O3S/c20-10-14-11-26-12-22(14)19(24)16-5-3-7-21(16)18(23)9-15-8-13-4-1-2-6-17(13)25-15/h1-2,4,6,8,14,16H,3,5,7,9,11-12H2/t14-,16+/m1/s1. The van der Waals surface area contributed by atoms with Gasteiger partial charge in [-0.15, -0.1) is 11.8 Å². The lowest BCUT2D eigenvalue weighted by Crippen LogP contribution is -2.49. The zero-order chi connectivity index (χ0) is 18.1. The highest BCUT2D eigenvalue weighted by molar-refractivity contribution is 7.99. The Kier molecular flexibility index (Phi) is 4.60. The number of para-hydroxylation sites is 1. The number of fused-ring (bicyclic) bond motifs is 1. The van der Waals surface area contributed by atoms with Crippen LogP contribution in [0.5, 0.6) is 0 Å². The van der Waals surface area contributed by atoms with E-state index in [4.69, 9.17) is 4.42 Å². The number of nitriles is 1. The van der Waals surface area contributed by atoms with Crippen molar-refractivity contribution in [3.05, 3.63) is 36.1 Å². The van der Waals surface area contributed by atoms with Crippen molar-refractivity contribution in [2.24, 2.45) is 0 Å². The van der Waals surface area contributed by atoms with Crippen molar-refractivity contribution >= 4 is 34.5 Å². The molecule has 134 valence electrons. The summed E-state index contributed by atoms with van der Waals surface area (Å²) in [5.41, 5.74) is 0.760. The van der Waals surface area contributed by atoms with Crippen molar-refractivity contribution in [2.75, 3.05) is 18.2 Å². The van der Waals surface area contributed by atoms with Gasteiger partial charge in [0, 0.05) is 17.7 Å². The normalized spacial score (nSPS) is 22.7. The molecule has 26 heavy (non-hydrogen) atoms. The predicted octanol–water partition coefficient (Wildman–Crippen LogP) is 2.39. The molecule has 2 atom stereocenters.